The minimum atomic E-state index is 0.278. The molecule has 0 saturated heterocycles. The highest BCUT2D eigenvalue weighted by molar-refractivity contribution is 5.96. The Hall–Kier alpha value is -1.78. The maximum Gasteiger partial charge on any atom is 0.189 e. The fourth-order valence-corrected chi connectivity index (χ4v) is 3.50. The molecule has 2 aromatic carbocycles. The Labute approximate surface area is 150 Å². The highest BCUT2D eigenvalue weighted by Crippen LogP contribution is 2.45. The summed E-state index contributed by atoms with van der Waals surface area (Å²) in [5.41, 5.74) is 2.53. The van der Waals surface area contributed by atoms with E-state index in [-0.39, 0.29) is 13.6 Å². The molecule has 0 bridgehead atoms. The van der Waals surface area contributed by atoms with E-state index in [0.29, 0.717) is 19.1 Å². The SMILES string of the molecule is CCOCOc1c2c(c(OCOCC)c3ccccc13)CC(C)CC2. The Bertz CT molecular complexity index is 711. The fraction of sp³-hybridized carbons (Fsp3) is 0.524. The number of rotatable bonds is 8. The van der Waals surface area contributed by atoms with Gasteiger partial charge < -0.3 is 18.9 Å². The number of hydrogen-bond donors (Lipinski definition) is 0. The fourth-order valence-electron chi connectivity index (χ4n) is 3.50. The first-order chi connectivity index (χ1) is 12.3. The number of hydrogen-bond acceptors (Lipinski definition) is 4. The van der Waals surface area contributed by atoms with Crippen LogP contribution in [0.25, 0.3) is 10.8 Å². The van der Waals surface area contributed by atoms with Crippen LogP contribution in [0, 0.1) is 5.92 Å². The lowest BCUT2D eigenvalue weighted by Gasteiger charge is -2.28. The van der Waals surface area contributed by atoms with Crippen LogP contribution in [0.1, 0.15) is 38.3 Å². The molecule has 0 radical (unpaired) electrons. The van der Waals surface area contributed by atoms with Gasteiger partial charge in [0.2, 0.25) is 0 Å². The van der Waals surface area contributed by atoms with Gasteiger partial charge in [0.1, 0.15) is 11.5 Å². The monoisotopic (exact) mass is 344 g/mol. The van der Waals surface area contributed by atoms with Crippen molar-refractivity contribution in [2.75, 3.05) is 26.8 Å². The lowest BCUT2D eigenvalue weighted by atomic mass is 9.82. The van der Waals surface area contributed by atoms with E-state index in [1.807, 2.05) is 26.0 Å². The minimum Gasteiger partial charge on any atom is -0.467 e. The predicted octanol–water partition coefficient (Wildman–Crippen LogP) is 4.71. The molecule has 1 aliphatic rings. The van der Waals surface area contributed by atoms with Crippen molar-refractivity contribution in [1.29, 1.82) is 0 Å². The van der Waals surface area contributed by atoms with Crippen molar-refractivity contribution in [3.05, 3.63) is 35.4 Å². The summed E-state index contributed by atoms with van der Waals surface area (Å²) >= 11 is 0. The highest BCUT2D eigenvalue weighted by Gasteiger charge is 2.26. The molecule has 136 valence electrons. The molecule has 0 aromatic heterocycles. The van der Waals surface area contributed by atoms with Crippen LogP contribution < -0.4 is 9.47 Å². The standard InChI is InChI=1S/C21H28O4/c1-4-22-13-24-20-16-8-6-7-9-17(16)21(25-14-23-5-2)19-12-15(3)10-11-18(19)20/h6-9,15H,4-5,10-14H2,1-3H3. The van der Waals surface area contributed by atoms with Crippen molar-refractivity contribution in [2.45, 2.75) is 40.0 Å². The van der Waals surface area contributed by atoms with Gasteiger partial charge in [-0.2, -0.15) is 0 Å². The molecule has 0 spiro atoms. The second-order valence-electron chi connectivity index (χ2n) is 6.52. The Morgan fingerprint density at radius 2 is 1.44 bits per heavy atom. The molecule has 0 aliphatic heterocycles. The zero-order valence-corrected chi connectivity index (χ0v) is 15.5. The summed E-state index contributed by atoms with van der Waals surface area (Å²) < 4.78 is 23.0. The molecule has 4 heteroatoms. The second-order valence-corrected chi connectivity index (χ2v) is 6.52. The molecule has 0 N–H and O–H groups in total. The quantitative estimate of drug-likeness (QED) is 0.513. The maximum atomic E-state index is 6.08. The van der Waals surface area contributed by atoms with Gasteiger partial charge in [0.25, 0.3) is 0 Å². The van der Waals surface area contributed by atoms with Crippen LogP contribution in [0.4, 0.5) is 0 Å². The van der Waals surface area contributed by atoms with Crippen molar-refractivity contribution >= 4 is 10.8 Å². The molecule has 0 fully saturated rings. The van der Waals surface area contributed by atoms with Crippen molar-refractivity contribution in [2.24, 2.45) is 5.92 Å². The van der Waals surface area contributed by atoms with E-state index in [1.165, 1.54) is 17.5 Å². The highest BCUT2D eigenvalue weighted by atomic mass is 16.7. The summed E-state index contributed by atoms with van der Waals surface area (Å²) in [6.45, 7) is 8.10. The van der Waals surface area contributed by atoms with E-state index in [1.54, 1.807) is 0 Å². The molecule has 2 aromatic rings. The van der Waals surface area contributed by atoms with Crippen LogP contribution in [0.5, 0.6) is 11.5 Å². The van der Waals surface area contributed by atoms with E-state index in [2.05, 4.69) is 19.1 Å². The zero-order valence-electron chi connectivity index (χ0n) is 15.5. The number of fused-ring (bicyclic) bond motifs is 2. The summed E-state index contributed by atoms with van der Waals surface area (Å²) in [6, 6.07) is 8.28. The summed E-state index contributed by atoms with van der Waals surface area (Å²) in [5.74, 6) is 2.55. The summed E-state index contributed by atoms with van der Waals surface area (Å²) in [7, 11) is 0. The van der Waals surface area contributed by atoms with E-state index in [0.717, 1.165) is 35.1 Å². The Balaban J connectivity index is 2.10. The van der Waals surface area contributed by atoms with Crippen LogP contribution in [0.2, 0.25) is 0 Å². The Morgan fingerprint density at radius 3 is 2.00 bits per heavy atom. The Morgan fingerprint density at radius 1 is 0.880 bits per heavy atom. The largest absolute Gasteiger partial charge is 0.467 e. The predicted molar refractivity (Wildman–Crippen MR) is 99.4 cm³/mol. The molecule has 0 saturated carbocycles. The third kappa shape index (κ3) is 3.91. The normalized spacial score (nSPS) is 16.7. The van der Waals surface area contributed by atoms with Gasteiger partial charge >= 0.3 is 0 Å². The molecule has 1 atom stereocenters. The van der Waals surface area contributed by atoms with Crippen LogP contribution in [-0.4, -0.2) is 26.8 Å². The molecule has 4 nitrogen and oxygen atoms in total. The molecule has 0 amide bonds. The number of benzene rings is 2. The molecule has 3 rings (SSSR count). The van der Waals surface area contributed by atoms with Crippen molar-refractivity contribution < 1.29 is 18.9 Å². The van der Waals surface area contributed by atoms with Crippen LogP contribution in [-0.2, 0) is 22.3 Å². The van der Waals surface area contributed by atoms with E-state index >= 15 is 0 Å². The van der Waals surface area contributed by atoms with E-state index < -0.39 is 0 Å². The molecule has 1 aliphatic carbocycles. The first kappa shape index (κ1) is 18.0. The lowest BCUT2D eigenvalue weighted by molar-refractivity contribution is 0.0201. The Kier molecular flexibility index (Phi) is 6.16. The van der Waals surface area contributed by atoms with E-state index in [4.69, 9.17) is 18.9 Å². The van der Waals surface area contributed by atoms with Gasteiger partial charge in [-0.25, -0.2) is 0 Å². The van der Waals surface area contributed by atoms with Crippen molar-refractivity contribution in [1.82, 2.24) is 0 Å². The summed E-state index contributed by atoms with van der Waals surface area (Å²) in [4.78, 5) is 0. The third-order valence-corrected chi connectivity index (χ3v) is 4.75. The van der Waals surface area contributed by atoms with Crippen molar-refractivity contribution in [3.8, 4) is 11.5 Å². The molecule has 1 unspecified atom stereocenters. The molecule has 25 heavy (non-hydrogen) atoms. The first-order valence-corrected chi connectivity index (χ1v) is 9.23. The first-order valence-electron chi connectivity index (χ1n) is 9.23. The average Bonchev–Trinajstić information content (AvgIpc) is 2.63. The average molecular weight is 344 g/mol. The third-order valence-electron chi connectivity index (χ3n) is 4.75. The van der Waals surface area contributed by atoms with Gasteiger partial charge in [-0.1, -0.05) is 31.2 Å². The van der Waals surface area contributed by atoms with Gasteiger partial charge in [0.15, 0.2) is 13.6 Å². The van der Waals surface area contributed by atoms with Gasteiger partial charge in [0, 0.05) is 35.1 Å². The van der Waals surface area contributed by atoms with Crippen molar-refractivity contribution in [3.63, 3.8) is 0 Å². The van der Waals surface area contributed by atoms with Crippen LogP contribution in [0.3, 0.4) is 0 Å². The zero-order chi connectivity index (χ0) is 17.6. The summed E-state index contributed by atoms with van der Waals surface area (Å²) in [6.07, 6.45) is 3.18. The second kappa shape index (κ2) is 8.54. The smallest absolute Gasteiger partial charge is 0.189 e. The van der Waals surface area contributed by atoms with Crippen LogP contribution >= 0.6 is 0 Å². The van der Waals surface area contributed by atoms with Gasteiger partial charge in [0.05, 0.1) is 0 Å². The number of ether oxygens (including phenoxy) is 4. The van der Waals surface area contributed by atoms with Crippen LogP contribution in [0.15, 0.2) is 24.3 Å². The topological polar surface area (TPSA) is 36.9 Å². The molecular formula is C21H28O4. The minimum absolute atomic E-state index is 0.278. The molecule has 0 heterocycles. The lowest BCUT2D eigenvalue weighted by Crippen LogP contribution is -2.16. The molecular weight excluding hydrogens is 316 g/mol. The van der Waals surface area contributed by atoms with E-state index in [9.17, 15) is 0 Å². The van der Waals surface area contributed by atoms with Gasteiger partial charge in [-0.15, -0.1) is 0 Å². The summed E-state index contributed by atoms with van der Waals surface area (Å²) in [5, 5.41) is 2.17. The van der Waals surface area contributed by atoms with Gasteiger partial charge in [-0.3, -0.25) is 0 Å². The van der Waals surface area contributed by atoms with Gasteiger partial charge in [-0.05, 0) is 39.0 Å². The maximum absolute atomic E-state index is 6.08.